The second-order valence-corrected chi connectivity index (χ2v) is 8.05. The molecule has 0 atom stereocenters. The van der Waals surface area contributed by atoms with E-state index in [2.05, 4.69) is 10.1 Å². The fourth-order valence-electron chi connectivity index (χ4n) is 4.13. The first-order valence-electron chi connectivity index (χ1n) is 11.1. The average Bonchev–Trinajstić information content (AvgIpc) is 3.25. The molecular formula is C25H29FN2O6. The van der Waals surface area contributed by atoms with Gasteiger partial charge in [0.05, 0.1) is 19.4 Å². The third-order valence-electron chi connectivity index (χ3n) is 5.88. The summed E-state index contributed by atoms with van der Waals surface area (Å²) in [6.45, 7) is 4.78. The Morgan fingerprint density at radius 2 is 1.97 bits per heavy atom. The smallest absolute Gasteiger partial charge is 0.290 e. The van der Waals surface area contributed by atoms with Crippen LogP contribution in [0.25, 0.3) is 11.0 Å². The minimum absolute atomic E-state index is 0.000894. The Bertz CT molecular complexity index is 1110. The van der Waals surface area contributed by atoms with E-state index in [9.17, 15) is 9.18 Å². The number of benzene rings is 2. The highest BCUT2D eigenvalue weighted by Gasteiger charge is 2.25. The molecule has 182 valence electrons. The summed E-state index contributed by atoms with van der Waals surface area (Å²) < 4.78 is 29.9. The molecule has 2 aromatic carbocycles. The van der Waals surface area contributed by atoms with Crippen LogP contribution in [0, 0.1) is 5.82 Å². The molecule has 0 saturated carbocycles. The minimum Gasteiger partial charge on any atom is -0.493 e. The molecule has 34 heavy (non-hydrogen) atoms. The van der Waals surface area contributed by atoms with Crippen LogP contribution in [0.3, 0.4) is 0 Å². The number of nitrogens with zero attached hydrogens (tertiary/aromatic N) is 2. The molecule has 1 aliphatic heterocycles. The number of fused-ring (bicyclic) bond motifs is 1. The molecule has 9 heteroatoms. The topological polar surface area (TPSA) is 102 Å². The fraction of sp³-hybridized carbons (Fsp3) is 0.400. The molecule has 4 rings (SSSR count). The van der Waals surface area contributed by atoms with E-state index in [4.69, 9.17) is 23.9 Å². The van der Waals surface area contributed by atoms with Crippen molar-refractivity contribution in [3.63, 3.8) is 0 Å². The van der Waals surface area contributed by atoms with Gasteiger partial charge in [-0.2, -0.15) is 0 Å². The predicted octanol–water partition coefficient (Wildman–Crippen LogP) is 4.53. The fourth-order valence-corrected chi connectivity index (χ4v) is 4.13. The maximum atomic E-state index is 13.4. The van der Waals surface area contributed by atoms with Crippen molar-refractivity contribution in [2.75, 3.05) is 33.4 Å². The summed E-state index contributed by atoms with van der Waals surface area (Å²) in [7, 11) is 1.57. The molecule has 0 amide bonds. The van der Waals surface area contributed by atoms with Crippen LogP contribution in [0.15, 0.2) is 40.9 Å². The van der Waals surface area contributed by atoms with E-state index in [1.165, 1.54) is 19.1 Å². The van der Waals surface area contributed by atoms with Gasteiger partial charge in [0.2, 0.25) is 0 Å². The summed E-state index contributed by atoms with van der Waals surface area (Å²) in [4.78, 5) is 22.3. The lowest BCUT2D eigenvalue weighted by Gasteiger charge is -2.31. The molecule has 1 saturated heterocycles. The maximum Gasteiger partial charge on any atom is 0.290 e. The highest BCUT2D eigenvalue weighted by Crippen LogP contribution is 2.33. The number of hydrogen-bond donors (Lipinski definition) is 1. The van der Waals surface area contributed by atoms with Crippen molar-refractivity contribution in [1.82, 2.24) is 10.1 Å². The zero-order valence-electron chi connectivity index (χ0n) is 19.3. The number of piperidine rings is 1. The molecule has 0 spiro atoms. The lowest BCUT2D eigenvalue weighted by Crippen LogP contribution is -2.34. The molecule has 8 nitrogen and oxygen atoms in total. The molecule has 0 radical (unpaired) electrons. The van der Waals surface area contributed by atoms with Gasteiger partial charge in [0.15, 0.2) is 22.9 Å². The van der Waals surface area contributed by atoms with Crippen LogP contribution in [0.1, 0.15) is 48.2 Å². The Morgan fingerprint density at radius 3 is 2.65 bits per heavy atom. The Balaban J connectivity index is 0.00000103. The van der Waals surface area contributed by atoms with Gasteiger partial charge in [0.1, 0.15) is 5.82 Å². The van der Waals surface area contributed by atoms with E-state index in [-0.39, 0.29) is 18.1 Å². The maximum absolute atomic E-state index is 13.4. The molecule has 0 aliphatic carbocycles. The van der Waals surface area contributed by atoms with Crippen LogP contribution in [0.2, 0.25) is 0 Å². The number of hydrogen-bond acceptors (Lipinski definition) is 7. The van der Waals surface area contributed by atoms with Crippen LogP contribution in [-0.4, -0.2) is 60.8 Å². The number of ether oxygens (including phenoxy) is 2. The van der Waals surface area contributed by atoms with Crippen molar-refractivity contribution in [1.29, 1.82) is 0 Å². The van der Waals surface area contributed by atoms with Crippen LogP contribution in [0.5, 0.6) is 11.5 Å². The molecule has 1 aromatic heterocycles. The van der Waals surface area contributed by atoms with E-state index in [1.54, 1.807) is 31.4 Å². The van der Waals surface area contributed by atoms with Crippen molar-refractivity contribution in [3.8, 4) is 11.5 Å². The number of halogens is 1. The van der Waals surface area contributed by atoms with Crippen LogP contribution >= 0.6 is 0 Å². The molecule has 2 heterocycles. The first-order chi connectivity index (χ1) is 16.5. The van der Waals surface area contributed by atoms with Gasteiger partial charge in [-0.05, 0) is 69.6 Å². The predicted molar refractivity (Wildman–Crippen MR) is 124 cm³/mol. The normalized spacial score (nSPS) is 14.3. The summed E-state index contributed by atoms with van der Waals surface area (Å²) in [6.07, 6.45) is 2.90. The van der Waals surface area contributed by atoms with Gasteiger partial charge in [0.25, 0.3) is 6.47 Å². The van der Waals surface area contributed by atoms with Gasteiger partial charge in [-0.15, -0.1) is 0 Å². The van der Waals surface area contributed by atoms with Crippen molar-refractivity contribution < 1.29 is 33.1 Å². The van der Waals surface area contributed by atoms with Gasteiger partial charge >= 0.3 is 0 Å². The molecule has 0 unspecified atom stereocenters. The average molecular weight is 473 g/mol. The SMILES string of the molecule is COc1cc(C(C)=O)ccc1OCCCN1CCC(c2noc3cc(F)ccc23)CC1.O=CO. The standard InChI is InChI=1S/C24H27FN2O4.CH2O2/c1-16(28)18-4-7-21(23(14-18)29-2)30-13-3-10-27-11-8-17(9-12-27)24-20-6-5-19(25)15-22(20)31-26-24;2-1-3/h4-7,14-15,17H,3,8-13H2,1-2H3;1H,(H,2,3). The molecule has 0 bridgehead atoms. The van der Waals surface area contributed by atoms with Gasteiger partial charge in [-0.25, -0.2) is 4.39 Å². The zero-order valence-corrected chi connectivity index (χ0v) is 19.3. The second-order valence-electron chi connectivity index (χ2n) is 8.05. The Morgan fingerprint density at radius 1 is 1.24 bits per heavy atom. The van der Waals surface area contributed by atoms with E-state index in [1.807, 2.05) is 0 Å². The lowest BCUT2D eigenvalue weighted by molar-refractivity contribution is -0.122. The summed E-state index contributed by atoms with van der Waals surface area (Å²) in [6, 6.07) is 9.87. The first-order valence-corrected chi connectivity index (χ1v) is 11.1. The summed E-state index contributed by atoms with van der Waals surface area (Å²) in [5.41, 5.74) is 2.07. The number of rotatable bonds is 8. The Labute approximate surface area is 197 Å². The summed E-state index contributed by atoms with van der Waals surface area (Å²) >= 11 is 0. The number of likely N-dealkylation sites (tertiary alicyclic amines) is 1. The number of carbonyl (C=O) groups excluding carboxylic acids is 1. The van der Waals surface area contributed by atoms with E-state index in [0.717, 1.165) is 50.0 Å². The summed E-state index contributed by atoms with van der Waals surface area (Å²) in [5.74, 6) is 1.26. The van der Waals surface area contributed by atoms with Crippen molar-refractivity contribution in [2.45, 2.75) is 32.1 Å². The number of aromatic nitrogens is 1. The quantitative estimate of drug-likeness (QED) is 0.290. The van der Waals surface area contributed by atoms with Gasteiger partial charge in [-0.1, -0.05) is 5.16 Å². The molecule has 1 aliphatic rings. The van der Waals surface area contributed by atoms with Crippen LogP contribution in [0.4, 0.5) is 4.39 Å². The van der Waals surface area contributed by atoms with Crippen LogP contribution in [-0.2, 0) is 4.79 Å². The van der Waals surface area contributed by atoms with Gasteiger partial charge in [-0.3, -0.25) is 9.59 Å². The third-order valence-corrected chi connectivity index (χ3v) is 5.88. The third kappa shape index (κ3) is 6.32. The van der Waals surface area contributed by atoms with Gasteiger partial charge < -0.3 is 24.0 Å². The number of methoxy groups -OCH3 is 1. The minimum atomic E-state index is -0.306. The highest BCUT2D eigenvalue weighted by atomic mass is 19.1. The number of Topliss-reactive ketones (excluding diaryl/α,β-unsaturated/α-hetero) is 1. The van der Waals surface area contributed by atoms with E-state index in [0.29, 0.717) is 35.2 Å². The largest absolute Gasteiger partial charge is 0.493 e. The Kier molecular flexibility index (Phi) is 8.98. The van der Waals surface area contributed by atoms with Gasteiger partial charge in [0, 0.05) is 29.5 Å². The van der Waals surface area contributed by atoms with Crippen molar-refractivity contribution in [2.24, 2.45) is 0 Å². The number of ketones is 1. The highest BCUT2D eigenvalue weighted by molar-refractivity contribution is 5.94. The zero-order chi connectivity index (χ0) is 24.5. The molecule has 1 fully saturated rings. The van der Waals surface area contributed by atoms with Crippen LogP contribution < -0.4 is 9.47 Å². The lowest BCUT2D eigenvalue weighted by atomic mass is 9.91. The molecular weight excluding hydrogens is 443 g/mol. The van der Waals surface area contributed by atoms with E-state index < -0.39 is 0 Å². The van der Waals surface area contributed by atoms with Crippen molar-refractivity contribution >= 4 is 23.2 Å². The Hall–Kier alpha value is -3.46. The van der Waals surface area contributed by atoms with E-state index >= 15 is 0 Å². The first kappa shape index (κ1) is 25.2. The number of carboxylic acid groups (broad SMARTS) is 1. The molecule has 3 aromatic rings. The monoisotopic (exact) mass is 472 g/mol. The second kappa shape index (κ2) is 12.1. The summed E-state index contributed by atoms with van der Waals surface area (Å²) in [5, 5.41) is 12.0. The van der Waals surface area contributed by atoms with Crippen molar-refractivity contribution in [3.05, 3.63) is 53.5 Å². The number of carbonyl (C=O) groups is 2. The molecule has 1 N–H and O–H groups in total.